The van der Waals surface area contributed by atoms with Crippen LogP contribution in [0.1, 0.15) is 29.3 Å². The third-order valence-corrected chi connectivity index (χ3v) is 6.24. The van der Waals surface area contributed by atoms with Crippen LogP contribution in [0.15, 0.2) is 24.3 Å². The quantitative estimate of drug-likeness (QED) is 0.621. The second kappa shape index (κ2) is 10.2. The number of carbonyl (C=O) groups excluding carboxylic acids is 2. The van der Waals surface area contributed by atoms with Crippen molar-refractivity contribution in [2.24, 2.45) is 5.92 Å². The van der Waals surface area contributed by atoms with E-state index >= 15 is 0 Å². The summed E-state index contributed by atoms with van der Waals surface area (Å²) in [5.74, 6) is -0.629. The number of amides is 2. The van der Waals surface area contributed by atoms with Gasteiger partial charge in [-0.05, 0) is 62.1 Å². The average molecular weight is 481 g/mol. The van der Waals surface area contributed by atoms with Crippen LogP contribution in [0.3, 0.4) is 0 Å². The number of nitrogens with one attached hydrogen (secondary N) is 2. The number of rotatable bonds is 7. The van der Waals surface area contributed by atoms with Gasteiger partial charge in [-0.1, -0.05) is 6.92 Å². The lowest BCUT2D eigenvalue weighted by atomic mass is 9.89. The second-order valence-electron chi connectivity index (χ2n) is 8.01. The highest BCUT2D eigenvalue weighted by molar-refractivity contribution is 7.16. The molecule has 2 aromatic rings. The van der Waals surface area contributed by atoms with Crippen molar-refractivity contribution in [1.29, 1.82) is 5.26 Å². The number of halogens is 3. The number of benzene rings is 1. The molecule has 1 aliphatic rings. The van der Waals surface area contributed by atoms with Crippen LogP contribution in [0.5, 0.6) is 5.75 Å². The molecule has 0 spiro atoms. The van der Waals surface area contributed by atoms with Gasteiger partial charge in [-0.2, -0.15) is 5.26 Å². The van der Waals surface area contributed by atoms with Crippen LogP contribution in [-0.4, -0.2) is 43.2 Å². The van der Waals surface area contributed by atoms with E-state index in [9.17, 15) is 28.0 Å². The predicted octanol–water partition coefficient (Wildman–Crippen LogP) is 4.15. The number of hydrogen-bond acceptors (Lipinski definition) is 6. The van der Waals surface area contributed by atoms with Gasteiger partial charge in [0, 0.05) is 10.6 Å². The number of alkyl halides is 3. The van der Waals surface area contributed by atoms with Gasteiger partial charge in [-0.25, -0.2) is 0 Å². The summed E-state index contributed by atoms with van der Waals surface area (Å²) < 4.78 is 40.4. The van der Waals surface area contributed by atoms with Crippen LogP contribution in [0.25, 0.3) is 0 Å². The molecule has 2 amide bonds. The van der Waals surface area contributed by atoms with Crippen LogP contribution >= 0.6 is 11.3 Å². The van der Waals surface area contributed by atoms with Gasteiger partial charge in [0.05, 0.1) is 18.7 Å². The third kappa shape index (κ3) is 6.94. The molecule has 0 unspecified atom stereocenters. The highest BCUT2D eigenvalue weighted by Crippen LogP contribution is 2.39. The van der Waals surface area contributed by atoms with Crippen LogP contribution in [0.4, 0.5) is 23.9 Å². The van der Waals surface area contributed by atoms with Gasteiger partial charge < -0.3 is 15.4 Å². The molecule has 11 heteroatoms. The monoisotopic (exact) mass is 480 g/mol. The fraction of sp³-hybridized carbons (Fsp3) is 0.409. The standard InChI is InChI=1S/C22H23F3N4O3S/c1-13-3-8-16-17(10-26)21(33-18(16)9-13)28-20(31)12-29(2)11-19(30)27-14-4-6-15(7-5-14)32-22(23,24)25/h4-7,13H,3,8-9,11-12H2,1-2H3,(H,27,30)(H,28,31)/t13-/m1/s1. The Hall–Kier alpha value is -3.10. The maximum atomic E-state index is 12.5. The zero-order chi connectivity index (χ0) is 24.2. The Morgan fingerprint density at radius 2 is 1.85 bits per heavy atom. The highest BCUT2D eigenvalue weighted by Gasteiger charge is 2.31. The van der Waals surface area contributed by atoms with Gasteiger partial charge in [0.25, 0.3) is 0 Å². The molecular weight excluding hydrogens is 457 g/mol. The molecule has 1 atom stereocenters. The minimum absolute atomic E-state index is 0.0738. The first-order chi connectivity index (χ1) is 15.5. The second-order valence-corrected chi connectivity index (χ2v) is 9.11. The lowest BCUT2D eigenvalue weighted by Gasteiger charge is -2.17. The molecule has 1 aromatic carbocycles. The number of nitriles is 1. The molecule has 2 N–H and O–H groups in total. The Morgan fingerprint density at radius 3 is 2.45 bits per heavy atom. The van der Waals surface area contributed by atoms with Crippen LogP contribution in [-0.2, 0) is 22.4 Å². The largest absolute Gasteiger partial charge is 0.573 e. The minimum Gasteiger partial charge on any atom is -0.406 e. The smallest absolute Gasteiger partial charge is 0.406 e. The lowest BCUT2D eigenvalue weighted by molar-refractivity contribution is -0.274. The minimum atomic E-state index is -4.79. The van der Waals surface area contributed by atoms with Crippen molar-refractivity contribution in [3.63, 3.8) is 0 Å². The zero-order valence-electron chi connectivity index (χ0n) is 18.1. The van der Waals surface area contributed by atoms with Gasteiger partial charge in [-0.15, -0.1) is 24.5 Å². The summed E-state index contributed by atoms with van der Waals surface area (Å²) >= 11 is 1.43. The molecule has 176 valence electrons. The Bertz CT molecular complexity index is 1060. The molecule has 0 saturated heterocycles. The molecule has 1 aromatic heterocycles. The summed E-state index contributed by atoms with van der Waals surface area (Å²) in [6.07, 6.45) is -2.05. The molecule has 0 bridgehead atoms. The van der Waals surface area contributed by atoms with E-state index in [0.29, 0.717) is 22.2 Å². The molecule has 33 heavy (non-hydrogen) atoms. The average Bonchev–Trinajstić information content (AvgIpc) is 3.03. The summed E-state index contributed by atoms with van der Waals surface area (Å²) in [6, 6.07) is 6.96. The summed E-state index contributed by atoms with van der Waals surface area (Å²) in [7, 11) is 1.59. The van der Waals surface area contributed by atoms with Crippen molar-refractivity contribution in [3.05, 3.63) is 40.3 Å². The summed E-state index contributed by atoms with van der Waals surface area (Å²) in [6.45, 7) is 1.98. The van der Waals surface area contributed by atoms with E-state index in [4.69, 9.17) is 0 Å². The fourth-order valence-corrected chi connectivity index (χ4v) is 4.99. The molecule has 1 aliphatic carbocycles. The SMILES string of the molecule is C[C@@H]1CCc2c(sc(NC(=O)CN(C)CC(=O)Nc3ccc(OC(F)(F)F)cc3)c2C#N)C1. The number of thiophene rings is 1. The van der Waals surface area contributed by atoms with E-state index < -0.39 is 18.0 Å². The Morgan fingerprint density at radius 1 is 1.21 bits per heavy atom. The van der Waals surface area contributed by atoms with Gasteiger partial charge in [0.2, 0.25) is 11.8 Å². The Labute approximate surface area is 193 Å². The first-order valence-electron chi connectivity index (χ1n) is 10.2. The van der Waals surface area contributed by atoms with E-state index in [0.717, 1.165) is 41.8 Å². The summed E-state index contributed by atoms with van der Waals surface area (Å²) in [5.41, 5.74) is 1.84. The van der Waals surface area contributed by atoms with Gasteiger partial charge in [0.1, 0.15) is 16.8 Å². The Balaban J connectivity index is 1.50. The van der Waals surface area contributed by atoms with E-state index in [1.54, 1.807) is 7.05 Å². The molecule has 0 radical (unpaired) electrons. The number of likely N-dealkylation sites (N-methyl/N-ethyl adjacent to an activating group) is 1. The van der Waals surface area contributed by atoms with Crippen molar-refractivity contribution in [1.82, 2.24) is 4.90 Å². The van der Waals surface area contributed by atoms with Crippen LogP contribution in [0, 0.1) is 17.2 Å². The first-order valence-corrected chi connectivity index (χ1v) is 11.0. The van der Waals surface area contributed by atoms with Crippen LogP contribution in [0.2, 0.25) is 0 Å². The number of anilines is 2. The summed E-state index contributed by atoms with van der Waals surface area (Å²) in [4.78, 5) is 27.3. The van der Waals surface area contributed by atoms with Crippen molar-refractivity contribution in [3.8, 4) is 11.8 Å². The van der Waals surface area contributed by atoms with Crippen molar-refractivity contribution in [2.75, 3.05) is 30.8 Å². The lowest BCUT2D eigenvalue weighted by Crippen LogP contribution is -2.36. The van der Waals surface area contributed by atoms with Crippen molar-refractivity contribution in [2.45, 2.75) is 32.5 Å². The van der Waals surface area contributed by atoms with E-state index in [1.165, 1.54) is 28.4 Å². The van der Waals surface area contributed by atoms with Crippen molar-refractivity contribution >= 4 is 33.8 Å². The van der Waals surface area contributed by atoms with E-state index in [1.807, 2.05) is 0 Å². The molecule has 3 rings (SSSR count). The van der Waals surface area contributed by atoms with E-state index in [2.05, 4.69) is 28.4 Å². The van der Waals surface area contributed by atoms with Gasteiger partial charge >= 0.3 is 6.36 Å². The molecule has 0 fully saturated rings. The van der Waals surface area contributed by atoms with Crippen LogP contribution < -0.4 is 15.4 Å². The van der Waals surface area contributed by atoms with Gasteiger partial charge in [-0.3, -0.25) is 14.5 Å². The normalized spacial score (nSPS) is 15.5. The molecule has 1 heterocycles. The number of ether oxygens (including phenoxy) is 1. The number of nitrogens with zero attached hydrogens (tertiary/aromatic N) is 2. The summed E-state index contributed by atoms with van der Waals surface area (Å²) in [5, 5.41) is 15.4. The van der Waals surface area contributed by atoms with Gasteiger partial charge in [0.15, 0.2) is 0 Å². The highest BCUT2D eigenvalue weighted by atomic mass is 32.1. The zero-order valence-corrected chi connectivity index (χ0v) is 18.9. The van der Waals surface area contributed by atoms with E-state index in [-0.39, 0.29) is 19.0 Å². The molecule has 0 aliphatic heterocycles. The number of carbonyl (C=O) groups is 2. The third-order valence-electron chi connectivity index (χ3n) is 5.08. The molecule has 0 saturated carbocycles. The maximum Gasteiger partial charge on any atom is 0.573 e. The predicted molar refractivity (Wildman–Crippen MR) is 118 cm³/mol. The Kier molecular flexibility index (Phi) is 7.61. The molecule has 7 nitrogen and oxygen atoms in total. The fourth-order valence-electron chi connectivity index (χ4n) is 3.61. The topological polar surface area (TPSA) is 94.5 Å². The number of hydrogen-bond donors (Lipinski definition) is 2. The van der Waals surface area contributed by atoms with Crippen molar-refractivity contribution < 1.29 is 27.5 Å². The number of fused-ring (bicyclic) bond motifs is 1. The maximum absolute atomic E-state index is 12.5. The molecular formula is C22H23F3N4O3S. The first kappa shape index (κ1) is 24.5.